The van der Waals surface area contributed by atoms with Crippen LogP contribution in [0.25, 0.3) is 0 Å². The van der Waals surface area contributed by atoms with E-state index in [1.54, 1.807) is 17.0 Å². The van der Waals surface area contributed by atoms with Crippen LogP contribution < -0.4 is 10.2 Å². The van der Waals surface area contributed by atoms with Gasteiger partial charge in [-0.3, -0.25) is 4.79 Å². The van der Waals surface area contributed by atoms with Crippen molar-refractivity contribution in [2.75, 3.05) is 33.7 Å². The standard InChI is InChI=1S/C16H25N3O3S/c1-4-19-11-9-14(10-12-19)17-16(20)13-5-7-15(8-6-13)23(21,22)18(2)3/h5-8,14H,4,9-12H2,1-3H3,(H,17,20)/p+1. The molecule has 1 aliphatic rings. The van der Waals surface area contributed by atoms with Gasteiger partial charge in [-0.05, 0) is 31.2 Å². The Morgan fingerprint density at radius 3 is 2.26 bits per heavy atom. The summed E-state index contributed by atoms with van der Waals surface area (Å²) in [5.74, 6) is -0.135. The average molecular weight is 340 g/mol. The molecule has 23 heavy (non-hydrogen) atoms. The molecular weight excluding hydrogens is 314 g/mol. The molecule has 7 heteroatoms. The number of likely N-dealkylation sites (tertiary alicyclic amines) is 1. The van der Waals surface area contributed by atoms with Crippen LogP contribution in [0.4, 0.5) is 0 Å². The van der Waals surface area contributed by atoms with Crippen molar-refractivity contribution in [1.29, 1.82) is 0 Å². The Bertz CT molecular complexity index is 633. The molecule has 6 nitrogen and oxygen atoms in total. The van der Waals surface area contributed by atoms with Crippen molar-refractivity contribution < 1.29 is 18.1 Å². The lowest BCUT2D eigenvalue weighted by molar-refractivity contribution is -0.903. The van der Waals surface area contributed by atoms with Gasteiger partial charge in [0.05, 0.1) is 24.5 Å². The third kappa shape index (κ3) is 4.31. The quantitative estimate of drug-likeness (QED) is 0.775. The number of benzene rings is 1. The van der Waals surface area contributed by atoms with Gasteiger partial charge >= 0.3 is 0 Å². The van der Waals surface area contributed by atoms with Crippen LogP contribution in [-0.2, 0) is 10.0 Å². The van der Waals surface area contributed by atoms with Gasteiger partial charge in [0.2, 0.25) is 10.0 Å². The van der Waals surface area contributed by atoms with E-state index in [0.717, 1.165) is 36.8 Å². The molecule has 1 fully saturated rings. The van der Waals surface area contributed by atoms with E-state index in [4.69, 9.17) is 0 Å². The van der Waals surface area contributed by atoms with Gasteiger partial charge in [-0.15, -0.1) is 0 Å². The molecule has 1 saturated heterocycles. The first-order chi connectivity index (χ1) is 10.8. The zero-order valence-electron chi connectivity index (χ0n) is 14.0. The molecular formula is C16H26N3O3S+. The van der Waals surface area contributed by atoms with Gasteiger partial charge in [-0.25, -0.2) is 12.7 Å². The van der Waals surface area contributed by atoms with Crippen molar-refractivity contribution in [1.82, 2.24) is 9.62 Å². The second kappa shape index (κ2) is 7.42. The smallest absolute Gasteiger partial charge is 0.251 e. The van der Waals surface area contributed by atoms with Crippen molar-refractivity contribution in [3.63, 3.8) is 0 Å². The molecule has 2 rings (SSSR count). The Hall–Kier alpha value is -1.44. The highest BCUT2D eigenvalue weighted by atomic mass is 32.2. The Morgan fingerprint density at radius 2 is 1.78 bits per heavy atom. The molecule has 128 valence electrons. The van der Waals surface area contributed by atoms with E-state index in [2.05, 4.69) is 12.2 Å². The fraction of sp³-hybridized carbons (Fsp3) is 0.562. The van der Waals surface area contributed by atoms with Crippen molar-refractivity contribution >= 4 is 15.9 Å². The normalized spacial score (nSPS) is 22.1. The molecule has 0 aromatic heterocycles. The monoisotopic (exact) mass is 340 g/mol. The molecule has 0 saturated carbocycles. The minimum atomic E-state index is -3.46. The molecule has 1 amide bonds. The molecule has 0 radical (unpaired) electrons. The summed E-state index contributed by atoms with van der Waals surface area (Å²) in [6, 6.07) is 6.31. The zero-order valence-corrected chi connectivity index (χ0v) is 14.8. The molecule has 0 unspecified atom stereocenters. The summed E-state index contributed by atoms with van der Waals surface area (Å²) in [5.41, 5.74) is 0.493. The number of sulfonamides is 1. The lowest BCUT2D eigenvalue weighted by Gasteiger charge is -2.29. The summed E-state index contributed by atoms with van der Waals surface area (Å²) in [4.78, 5) is 14.1. The maximum Gasteiger partial charge on any atom is 0.251 e. The molecule has 0 atom stereocenters. The minimum absolute atomic E-state index is 0.135. The van der Waals surface area contributed by atoms with E-state index < -0.39 is 10.0 Å². The Kier molecular flexibility index (Phi) is 5.78. The number of rotatable bonds is 5. The number of carbonyl (C=O) groups excluding carboxylic acids is 1. The van der Waals surface area contributed by atoms with E-state index >= 15 is 0 Å². The third-order valence-electron chi connectivity index (χ3n) is 4.42. The predicted octanol–water partition coefficient (Wildman–Crippen LogP) is -0.266. The Morgan fingerprint density at radius 1 is 1.22 bits per heavy atom. The van der Waals surface area contributed by atoms with Crippen LogP contribution in [0.3, 0.4) is 0 Å². The molecule has 1 aromatic carbocycles. The summed E-state index contributed by atoms with van der Waals surface area (Å²) in [6.07, 6.45) is 1.98. The number of amides is 1. The highest BCUT2D eigenvalue weighted by Gasteiger charge is 2.23. The summed E-state index contributed by atoms with van der Waals surface area (Å²) in [6.45, 7) is 5.48. The van der Waals surface area contributed by atoms with Crippen molar-refractivity contribution in [3.8, 4) is 0 Å². The van der Waals surface area contributed by atoms with E-state index in [1.807, 2.05) is 0 Å². The Balaban J connectivity index is 1.99. The van der Waals surface area contributed by atoms with Crippen LogP contribution in [0.5, 0.6) is 0 Å². The number of hydrogen-bond donors (Lipinski definition) is 2. The maximum absolute atomic E-state index is 12.3. The first kappa shape index (κ1) is 17.9. The molecule has 1 heterocycles. The van der Waals surface area contributed by atoms with Gasteiger partial charge in [0.15, 0.2) is 0 Å². The number of piperidine rings is 1. The zero-order chi connectivity index (χ0) is 17.0. The average Bonchev–Trinajstić information content (AvgIpc) is 2.55. The van der Waals surface area contributed by atoms with Gasteiger partial charge < -0.3 is 10.2 Å². The molecule has 0 spiro atoms. The second-order valence-electron chi connectivity index (χ2n) is 6.16. The summed E-state index contributed by atoms with van der Waals surface area (Å²) in [7, 11) is -0.483. The van der Waals surface area contributed by atoms with Crippen LogP contribution in [-0.4, -0.2) is 58.4 Å². The largest absolute Gasteiger partial charge is 0.349 e. The first-order valence-electron chi connectivity index (χ1n) is 8.01. The lowest BCUT2D eigenvalue weighted by atomic mass is 10.0. The lowest BCUT2D eigenvalue weighted by Crippen LogP contribution is -3.13. The Labute approximate surface area is 138 Å². The number of carbonyl (C=O) groups is 1. The number of nitrogens with one attached hydrogen (secondary N) is 2. The molecule has 2 N–H and O–H groups in total. The molecule has 0 bridgehead atoms. The van der Waals surface area contributed by atoms with Crippen molar-refractivity contribution in [3.05, 3.63) is 29.8 Å². The van der Waals surface area contributed by atoms with Crippen LogP contribution in [0.1, 0.15) is 30.1 Å². The van der Waals surface area contributed by atoms with Gasteiger partial charge in [0, 0.05) is 38.5 Å². The van der Waals surface area contributed by atoms with Crippen LogP contribution in [0.15, 0.2) is 29.2 Å². The fourth-order valence-electron chi connectivity index (χ4n) is 2.78. The van der Waals surface area contributed by atoms with Crippen LogP contribution >= 0.6 is 0 Å². The SMILES string of the molecule is CC[NH+]1CCC(NC(=O)c2ccc(S(=O)(=O)N(C)C)cc2)CC1. The van der Waals surface area contributed by atoms with E-state index in [0.29, 0.717) is 5.56 Å². The van der Waals surface area contributed by atoms with Crippen LogP contribution in [0, 0.1) is 0 Å². The summed E-state index contributed by atoms with van der Waals surface area (Å²) < 4.78 is 25.2. The highest BCUT2D eigenvalue weighted by molar-refractivity contribution is 7.89. The maximum atomic E-state index is 12.3. The van der Waals surface area contributed by atoms with E-state index in [9.17, 15) is 13.2 Å². The third-order valence-corrected chi connectivity index (χ3v) is 6.25. The first-order valence-corrected chi connectivity index (χ1v) is 9.45. The topological polar surface area (TPSA) is 70.9 Å². The van der Waals surface area contributed by atoms with Gasteiger partial charge in [0.25, 0.3) is 5.91 Å². The number of nitrogens with zero attached hydrogens (tertiary/aromatic N) is 1. The van der Waals surface area contributed by atoms with Gasteiger partial charge in [-0.2, -0.15) is 0 Å². The van der Waals surface area contributed by atoms with Crippen molar-refractivity contribution in [2.24, 2.45) is 0 Å². The molecule has 1 aliphatic heterocycles. The minimum Gasteiger partial charge on any atom is -0.349 e. The highest BCUT2D eigenvalue weighted by Crippen LogP contribution is 2.14. The number of quaternary nitrogens is 1. The second-order valence-corrected chi connectivity index (χ2v) is 8.31. The van der Waals surface area contributed by atoms with Crippen LogP contribution in [0.2, 0.25) is 0 Å². The van der Waals surface area contributed by atoms with Crippen molar-refractivity contribution in [2.45, 2.75) is 30.7 Å². The fourth-order valence-corrected chi connectivity index (χ4v) is 3.68. The van der Waals surface area contributed by atoms with E-state index in [-0.39, 0.29) is 16.8 Å². The molecule has 0 aliphatic carbocycles. The summed E-state index contributed by atoms with van der Waals surface area (Å²) in [5, 5.41) is 3.05. The van der Waals surface area contributed by atoms with Gasteiger partial charge in [0.1, 0.15) is 0 Å². The van der Waals surface area contributed by atoms with E-state index in [1.165, 1.54) is 26.2 Å². The van der Waals surface area contributed by atoms with Gasteiger partial charge in [-0.1, -0.05) is 0 Å². The molecule has 1 aromatic rings. The number of hydrogen-bond acceptors (Lipinski definition) is 3. The predicted molar refractivity (Wildman–Crippen MR) is 89.0 cm³/mol. The summed E-state index contributed by atoms with van der Waals surface area (Å²) >= 11 is 0.